The summed E-state index contributed by atoms with van der Waals surface area (Å²) in [4.78, 5) is 15.8. The molecule has 1 amide bonds. The number of carbonyl (C=O) groups is 1. The number of hydrogen-bond acceptors (Lipinski definition) is 7. The summed E-state index contributed by atoms with van der Waals surface area (Å²) in [6.45, 7) is 4.41. The van der Waals surface area contributed by atoms with E-state index in [-0.39, 0.29) is 35.9 Å². The number of nitrogens with zero attached hydrogens (tertiary/aromatic N) is 5. The molecule has 0 bridgehead atoms. The molecule has 1 atom stereocenters. The predicted molar refractivity (Wildman–Crippen MR) is 103 cm³/mol. The molecule has 0 saturated carbocycles. The average Bonchev–Trinajstić information content (AvgIpc) is 3.25. The van der Waals surface area contributed by atoms with Crippen LogP contribution in [-0.2, 0) is 21.2 Å². The average molecular weight is 407 g/mol. The van der Waals surface area contributed by atoms with Crippen molar-refractivity contribution in [3.05, 3.63) is 24.3 Å². The molecule has 1 saturated heterocycles. The highest BCUT2D eigenvalue weighted by atomic mass is 32.2. The SMILES string of the molecule is COc1cccc(-c2nnn(CC(=O)N(CC(C)C)[C@@H]3CCS(=O)(=O)C3)n2)c1. The van der Waals surface area contributed by atoms with Gasteiger partial charge in [-0.25, -0.2) is 8.42 Å². The minimum absolute atomic E-state index is 0.0192. The molecule has 0 spiro atoms. The summed E-state index contributed by atoms with van der Waals surface area (Å²) in [5.74, 6) is 1.24. The first-order valence-corrected chi connectivity index (χ1v) is 11.0. The van der Waals surface area contributed by atoms with Crippen LogP contribution in [0.5, 0.6) is 5.75 Å². The van der Waals surface area contributed by atoms with Crippen molar-refractivity contribution < 1.29 is 17.9 Å². The number of methoxy groups -OCH3 is 1. The largest absolute Gasteiger partial charge is 0.497 e. The Balaban J connectivity index is 1.74. The first-order chi connectivity index (χ1) is 13.3. The molecule has 1 aromatic carbocycles. The molecule has 1 aromatic heterocycles. The molecule has 1 aliphatic heterocycles. The van der Waals surface area contributed by atoms with Gasteiger partial charge in [-0.1, -0.05) is 26.0 Å². The number of carbonyl (C=O) groups excluding carboxylic acids is 1. The van der Waals surface area contributed by atoms with E-state index in [9.17, 15) is 13.2 Å². The third-order valence-corrected chi connectivity index (χ3v) is 6.34. The Hall–Kier alpha value is -2.49. The second-order valence-electron chi connectivity index (χ2n) is 7.37. The molecule has 0 radical (unpaired) electrons. The summed E-state index contributed by atoms with van der Waals surface area (Å²) in [6, 6.07) is 6.97. The van der Waals surface area contributed by atoms with E-state index in [1.54, 1.807) is 18.1 Å². The lowest BCUT2D eigenvalue weighted by Gasteiger charge is -2.29. The van der Waals surface area contributed by atoms with Gasteiger partial charge in [-0.15, -0.1) is 10.2 Å². The second kappa shape index (κ2) is 8.26. The summed E-state index contributed by atoms with van der Waals surface area (Å²) in [5.41, 5.74) is 0.735. The number of hydrogen-bond donors (Lipinski definition) is 0. The molecule has 9 nitrogen and oxygen atoms in total. The zero-order valence-corrected chi connectivity index (χ0v) is 17.1. The van der Waals surface area contributed by atoms with Crippen molar-refractivity contribution in [2.45, 2.75) is 32.9 Å². The van der Waals surface area contributed by atoms with Crippen LogP contribution in [0.2, 0.25) is 0 Å². The number of sulfone groups is 1. The summed E-state index contributed by atoms with van der Waals surface area (Å²) < 4.78 is 28.9. The molecular formula is C18H25N5O4S. The normalized spacial score (nSPS) is 18.4. The van der Waals surface area contributed by atoms with E-state index in [1.165, 1.54) is 4.80 Å². The van der Waals surface area contributed by atoms with Crippen molar-refractivity contribution in [3.63, 3.8) is 0 Å². The lowest BCUT2D eigenvalue weighted by Crippen LogP contribution is -2.45. The standard InChI is InChI=1S/C18H25N5O4S/c1-13(2)10-22(15-7-8-28(25,26)12-15)17(24)11-23-20-18(19-21-23)14-5-4-6-16(9-14)27-3/h4-6,9,13,15H,7-8,10-12H2,1-3H3/t15-/m1/s1. The molecular weight excluding hydrogens is 382 g/mol. The van der Waals surface area contributed by atoms with Crippen LogP contribution in [0, 0.1) is 5.92 Å². The Morgan fingerprint density at radius 2 is 2.18 bits per heavy atom. The van der Waals surface area contributed by atoms with Gasteiger partial charge in [0.25, 0.3) is 0 Å². The van der Waals surface area contributed by atoms with E-state index >= 15 is 0 Å². The number of ether oxygens (including phenoxy) is 1. The number of benzene rings is 1. The minimum Gasteiger partial charge on any atom is -0.497 e. The van der Waals surface area contributed by atoms with Crippen LogP contribution in [0.4, 0.5) is 0 Å². The topological polar surface area (TPSA) is 107 Å². The molecule has 10 heteroatoms. The van der Waals surface area contributed by atoms with Gasteiger partial charge in [0.15, 0.2) is 9.84 Å². The number of tetrazole rings is 1. The Labute approximate surface area is 164 Å². The van der Waals surface area contributed by atoms with Gasteiger partial charge in [0.2, 0.25) is 11.7 Å². The monoisotopic (exact) mass is 407 g/mol. The number of rotatable bonds is 7. The molecule has 1 fully saturated rings. The van der Waals surface area contributed by atoms with Crippen molar-refractivity contribution in [3.8, 4) is 17.1 Å². The van der Waals surface area contributed by atoms with Gasteiger partial charge in [0.05, 0.1) is 18.6 Å². The van der Waals surface area contributed by atoms with Crippen LogP contribution < -0.4 is 4.74 Å². The van der Waals surface area contributed by atoms with Gasteiger partial charge in [0, 0.05) is 18.2 Å². The lowest BCUT2D eigenvalue weighted by atomic mass is 10.1. The Kier molecular flexibility index (Phi) is 5.97. The molecule has 2 aromatic rings. The highest BCUT2D eigenvalue weighted by Crippen LogP contribution is 2.21. The van der Waals surface area contributed by atoms with E-state index in [4.69, 9.17) is 4.74 Å². The molecule has 0 unspecified atom stereocenters. The van der Waals surface area contributed by atoms with Crippen LogP contribution in [0.3, 0.4) is 0 Å². The van der Waals surface area contributed by atoms with E-state index in [1.807, 2.05) is 32.0 Å². The highest BCUT2D eigenvalue weighted by Gasteiger charge is 2.35. The third kappa shape index (κ3) is 4.86. The Morgan fingerprint density at radius 1 is 1.39 bits per heavy atom. The number of aromatic nitrogens is 4. The maximum absolute atomic E-state index is 12.9. The van der Waals surface area contributed by atoms with Gasteiger partial charge >= 0.3 is 0 Å². The summed E-state index contributed by atoms with van der Waals surface area (Å²) in [5, 5.41) is 12.3. The van der Waals surface area contributed by atoms with Crippen LogP contribution in [-0.4, -0.2) is 70.6 Å². The summed E-state index contributed by atoms with van der Waals surface area (Å²) in [6.07, 6.45) is 0.473. The zero-order valence-electron chi connectivity index (χ0n) is 16.3. The Morgan fingerprint density at radius 3 is 2.82 bits per heavy atom. The van der Waals surface area contributed by atoms with Gasteiger partial charge in [-0.3, -0.25) is 4.79 Å². The molecule has 0 aliphatic carbocycles. The van der Waals surface area contributed by atoms with E-state index in [0.717, 1.165) is 5.56 Å². The fourth-order valence-electron chi connectivity index (χ4n) is 3.27. The van der Waals surface area contributed by atoms with Crippen LogP contribution >= 0.6 is 0 Å². The third-order valence-electron chi connectivity index (χ3n) is 4.59. The highest BCUT2D eigenvalue weighted by molar-refractivity contribution is 7.91. The van der Waals surface area contributed by atoms with Gasteiger partial charge in [0.1, 0.15) is 12.3 Å². The smallest absolute Gasteiger partial charge is 0.246 e. The van der Waals surface area contributed by atoms with Crippen molar-refractivity contribution in [1.29, 1.82) is 0 Å². The van der Waals surface area contributed by atoms with Crippen LogP contribution in [0.25, 0.3) is 11.4 Å². The van der Waals surface area contributed by atoms with Crippen molar-refractivity contribution >= 4 is 15.7 Å². The molecule has 152 valence electrons. The molecule has 28 heavy (non-hydrogen) atoms. The summed E-state index contributed by atoms with van der Waals surface area (Å²) in [7, 11) is -1.50. The number of amides is 1. The minimum atomic E-state index is -3.08. The summed E-state index contributed by atoms with van der Waals surface area (Å²) >= 11 is 0. The fraction of sp³-hybridized carbons (Fsp3) is 0.556. The predicted octanol–water partition coefficient (Wildman–Crippen LogP) is 1.02. The van der Waals surface area contributed by atoms with Gasteiger partial charge < -0.3 is 9.64 Å². The van der Waals surface area contributed by atoms with E-state index in [2.05, 4.69) is 15.4 Å². The fourth-order valence-corrected chi connectivity index (χ4v) is 5.00. The zero-order chi connectivity index (χ0) is 20.3. The lowest BCUT2D eigenvalue weighted by molar-refractivity contribution is -0.134. The van der Waals surface area contributed by atoms with Crippen LogP contribution in [0.1, 0.15) is 20.3 Å². The molecule has 3 rings (SSSR count). The van der Waals surface area contributed by atoms with Crippen LogP contribution in [0.15, 0.2) is 24.3 Å². The second-order valence-corrected chi connectivity index (χ2v) is 9.60. The maximum Gasteiger partial charge on any atom is 0.246 e. The molecule has 2 heterocycles. The van der Waals surface area contributed by atoms with Crippen molar-refractivity contribution in [2.24, 2.45) is 5.92 Å². The van der Waals surface area contributed by atoms with Crippen molar-refractivity contribution in [2.75, 3.05) is 25.2 Å². The quantitative estimate of drug-likeness (QED) is 0.674. The molecule has 1 aliphatic rings. The van der Waals surface area contributed by atoms with Gasteiger partial charge in [-0.2, -0.15) is 4.80 Å². The first kappa shape index (κ1) is 20.2. The Bertz CT molecular complexity index is 941. The van der Waals surface area contributed by atoms with E-state index in [0.29, 0.717) is 24.5 Å². The first-order valence-electron chi connectivity index (χ1n) is 9.19. The van der Waals surface area contributed by atoms with Crippen molar-refractivity contribution in [1.82, 2.24) is 25.1 Å². The maximum atomic E-state index is 12.9. The molecule has 0 N–H and O–H groups in total. The van der Waals surface area contributed by atoms with E-state index < -0.39 is 9.84 Å². The van der Waals surface area contributed by atoms with Gasteiger partial charge in [-0.05, 0) is 29.7 Å².